The van der Waals surface area contributed by atoms with Gasteiger partial charge in [0.1, 0.15) is 24.7 Å². The zero-order valence-corrected chi connectivity index (χ0v) is 22.4. The predicted octanol–water partition coefficient (Wildman–Crippen LogP) is 6.76. The number of imide groups is 1. The number of nitrogens with one attached hydrogen (secondary N) is 1. The van der Waals surface area contributed by atoms with Crippen molar-refractivity contribution in [1.29, 1.82) is 0 Å². The molecule has 1 N–H and O–H groups in total. The van der Waals surface area contributed by atoms with E-state index in [2.05, 4.69) is 23.5 Å². The molecule has 1 heterocycles. The molecule has 5 rings (SSSR count). The van der Waals surface area contributed by atoms with Gasteiger partial charge in [-0.15, -0.1) is 0 Å². The van der Waals surface area contributed by atoms with Gasteiger partial charge in [0.15, 0.2) is 0 Å². The number of benzene rings is 4. The lowest BCUT2D eigenvalue weighted by atomic mass is 10.1. The number of nitrogens with zero attached hydrogens (tertiary/aromatic N) is 1. The molecule has 0 radical (unpaired) electrons. The number of hydrogen-bond donors (Lipinski definition) is 1. The van der Waals surface area contributed by atoms with E-state index >= 15 is 0 Å². The highest BCUT2D eigenvalue weighted by Crippen LogP contribution is 2.33. The molecule has 9 heteroatoms. The molecule has 0 aliphatic carbocycles. The number of thioether (sulfide) groups is 1. The van der Waals surface area contributed by atoms with Crippen LogP contribution in [0, 0.1) is 0 Å². The molecule has 1 aliphatic rings. The Morgan fingerprint density at radius 1 is 1.00 bits per heavy atom. The van der Waals surface area contributed by atoms with Gasteiger partial charge in [-0.05, 0) is 70.1 Å². The molecule has 4 aromatic carbocycles. The molecule has 4 aromatic rings. The van der Waals surface area contributed by atoms with Crippen molar-refractivity contribution >= 4 is 63.0 Å². The summed E-state index contributed by atoms with van der Waals surface area (Å²) in [4.78, 5) is 39.0. The van der Waals surface area contributed by atoms with Crippen LogP contribution in [0.1, 0.15) is 11.1 Å². The number of methoxy groups -OCH3 is 1. The second-order valence-electron chi connectivity index (χ2n) is 8.66. The van der Waals surface area contributed by atoms with Gasteiger partial charge in [-0.3, -0.25) is 19.3 Å². The summed E-state index contributed by atoms with van der Waals surface area (Å²) in [5.74, 6) is 0.107. The predicted molar refractivity (Wildman–Crippen MR) is 154 cm³/mol. The molecule has 3 amide bonds. The summed E-state index contributed by atoms with van der Waals surface area (Å²) in [7, 11) is 1.49. The Balaban J connectivity index is 1.20. The summed E-state index contributed by atoms with van der Waals surface area (Å²) in [6.07, 6.45) is 1.63. The Kier molecular flexibility index (Phi) is 7.86. The van der Waals surface area contributed by atoms with Gasteiger partial charge in [-0.2, -0.15) is 0 Å². The summed E-state index contributed by atoms with van der Waals surface area (Å²) in [5, 5.41) is 4.76. The third-order valence-corrected chi connectivity index (χ3v) is 7.27. The molecule has 1 saturated heterocycles. The van der Waals surface area contributed by atoms with Crippen LogP contribution in [0.3, 0.4) is 0 Å². The monoisotopic (exact) mass is 558 g/mol. The number of halogens is 1. The average Bonchev–Trinajstić information content (AvgIpc) is 3.20. The number of fused-ring (bicyclic) bond motifs is 1. The van der Waals surface area contributed by atoms with Crippen molar-refractivity contribution in [3.8, 4) is 11.5 Å². The number of carbonyl (C=O) groups excluding carboxylic acids is 3. The SMILES string of the molecule is COc1ccc(NC(=O)CN2C(=O)S/C(=C/c3ccc(OCc4cccc5ccccc45)cc3)C2=O)cc1Cl. The van der Waals surface area contributed by atoms with Gasteiger partial charge in [-0.1, -0.05) is 66.2 Å². The van der Waals surface area contributed by atoms with E-state index < -0.39 is 23.6 Å². The van der Waals surface area contributed by atoms with Gasteiger partial charge in [0.25, 0.3) is 11.1 Å². The molecular formula is C30H23ClN2O5S. The van der Waals surface area contributed by atoms with Crippen molar-refractivity contribution in [3.05, 3.63) is 106 Å². The van der Waals surface area contributed by atoms with Gasteiger partial charge in [0.2, 0.25) is 5.91 Å². The third kappa shape index (κ3) is 6.08. The molecule has 1 aliphatic heterocycles. The maximum absolute atomic E-state index is 12.9. The second-order valence-corrected chi connectivity index (χ2v) is 10.1. The van der Waals surface area contributed by atoms with Crippen molar-refractivity contribution in [3.63, 3.8) is 0 Å². The number of hydrogen-bond acceptors (Lipinski definition) is 6. The lowest BCUT2D eigenvalue weighted by molar-refractivity contribution is -0.127. The van der Waals surface area contributed by atoms with E-state index in [1.165, 1.54) is 13.2 Å². The maximum Gasteiger partial charge on any atom is 0.294 e. The van der Waals surface area contributed by atoms with E-state index in [-0.39, 0.29) is 4.91 Å². The highest BCUT2D eigenvalue weighted by atomic mass is 35.5. The van der Waals surface area contributed by atoms with E-state index in [9.17, 15) is 14.4 Å². The fourth-order valence-corrected chi connectivity index (χ4v) is 5.21. The molecule has 0 aromatic heterocycles. The Hall–Kier alpha value is -4.27. The van der Waals surface area contributed by atoms with Crippen molar-refractivity contribution in [1.82, 2.24) is 4.90 Å². The van der Waals surface area contributed by atoms with E-state index in [4.69, 9.17) is 21.1 Å². The van der Waals surface area contributed by atoms with Crippen LogP contribution in [0.5, 0.6) is 11.5 Å². The van der Waals surface area contributed by atoms with Crippen LogP contribution < -0.4 is 14.8 Å². The largest absolute Gasteiger partial charge is 0.495 e. The van der Waals surface area contributed by atoms with Crippen molar-refractivity contribution in [2.24, 2.45) is 0 Å². The van der Waals surface area contributed by atoms with E-state index in [1.807, 2.05) is 48.5 Å². The lowest BCUT2D eigenvalue weighted by Gasteiger charge is -2.13. The Morgan fingerprint density at radius 3 is 2.54 bits per heavy atom. The van der Waals surface area contributed by atoms with Gasteiger partial charge in [0.05, 0.1) is 17.0 Å². The van der Waals surface area contributed by atoms with Crippen LogP contribution in [0.2, 0.25) is 5.02 Å². The van der Waals surface area contributed by atoms with Crippen LogP contribution in [0.15, 0.2) is 89.8 Å². The van der Waals surface area contributed by atoms with Gasteiger partial charge < -0.3 is 14.8 Å². The first-order valence-corrected chi connectivity index (χ1v) is 13.2. The normalized spacial score (nSPS) is 14.2. The van der Waals surface area contributed by atoms with Gasteiger partial charge in [0, 0.05) is 5.69 Å². The van der Waals surface area contributed by atoms with Crippen LogP contribution >= 0.6 is 23.4 Å². The summed E-state index contributed by atoms with van der Waals surface area (Å²) in [5.41, 5.74) is 2.25. The van der Waals surface area contributed by atoms with Crippen molar-refractivity contribution < 1.29 is 23.9 Å². The zero-order valence-electron chi connectivity index (χ0n) is 20.8. The first-order valence-electron chi connectivity index (χ1n) is 12.0. The third-order valence-electron chi connectivity index (χ3n) is 6.06. The van der Waals surface area contributed by atoms with Crippen LogP contribution in [0.25, 0.3) is 16.8 Å². The van der Waals surface area contributed by atoms with E-state index in [1.54, 1.807) is 18.2 Å². The first kappa shape index (κ1) is 26.3. The number of ether oxygens (including phenoxy) is 2. The van der Waals surface area contributed by atoms with Gasteiger partial charge in [-0.25, -0.2) is 0 Å². The Bertz CT molecular complexity index is 1600. The molecule has 0 atom stereocenters. The summed E-state index contributed by atoms with van der Waals surface area (Å²) < 4.78 is 11.1. The number of anilines is 1. The number of rotatable bonds is 8. The number of carbonyl (C=O) groups is 3. The van der Waals surface area contributed by atoms with Crippen LogP contribution in [-0.4, -0.2) is 35.6 Å². The molecule has 0 saturated carbocycles. The van der Waals surface area contributed by atoms with Crippen LogP contribution in [0.4, 0.5) is 10.5 Å². The lowest BCUT2D eigenvalue weighted by Crippen LogP contribution is -2.36. The molecule has 7 nitrogen and oxygen atoms in total. The summed E-state index contributed by atoms with van der Waals surface area (Å²) in [6, 6.07) is 26.3. The molecule has 196 valence electrons. The molecule has 39 heavy (non-hydrogen) atoms. The topological polar surface area (TPSA) is 84.9 Å². The molecule has 1 fully saturated rings. The smallest absolute Gasteiger partial charge is 0.294 e. The minimum absolute atomic E-state index is 0.240. The fraction of sp³-hybridized carbons (Fsp3) is 0.100. The van der Waals surface area contributed by atoms with E-state index in [0.29, 0.717) is 28.8 Å². The molecular weight excluding hydrogens is 536 g/mol. The first-order chi connectivity index (χ1) is 18.9. The zero-order chi connectivity index (χ0) is 27.4. The Labute approximate surface area is 234 Å². The maximum atomic E-state index is 12.9. The fourth-order valence-electron chi connectivity index (χ4n) is 4.12. The highest BCUT2D eigenvalue weighted by molar-refractivity contribution is 8.18. The average molecular weight is 559 g/mol. The highest BCUT2D eigenvalue weighted by Gasteiger charge is 2.36. The second kappa shape index (κ2) is 11.6. The molecule has 0 spiro atoms. The Morgan fingerprint density at radius 2 is 1.77 bits per heavy atom. The van der Waals surface area contributed by atoms with Crippen LogP contribution in [-0.2, 0) is 16.2 Å². The quantitative estimate of drug-likeness (QED) is 0.241. The summed E-state index contributed by atoms with van der Waals surface area (Å²) >= 11 is 6.88. The molecule has 0 bridgehead atoms. The standard InChI is InChI=1S/C30H23ClN2O5S/c1-37-26-14-11-22(16-25(26)31)32-28(34)17-33-29(35)27(39-30(33)36)15-19-9-12-23(13-10-19)38-18-21-7-4-6-20-5-2-3-8-24(20)21/h2-16H,17-18H2,1H3,(H,32,34)/b27-15+. The van der Waals surface area contributed by atoms with Gasteiger partial charge >= 0.3 is 0 Å². The minimum Gasteiger partial charge on any atom is -0.495 e. The molecule has 0 unspecified atom stereocenters. The number of amides is 3. The minimum atomic E-state index is -0.524. The van der Waals surface area contributed by atoms with E-state index in [0.717, 1.165) is 38.6 Å². The van der Waals surface area contributed by atoms with Crippen molar-refractivity contribution in [2.75, 3.05) is 19.0 Å². The van der Waals surface area contributed by atoms with Crippen molar-refractivity contribution in [2.45, 2.75) is 6.61 Å². The summed E-state index contributed by atoms with van der Waals surface area (Å²) in [6.45, 7) is 0.0109.